The minimum absolute atomic E-state index is 0.332. The summed E-state index contributed by atoms with van der Waals surface area (Å²) in [5, 5.41) is 20.2. The summed E-state index contributed by atoms with van der Waals surface area (Å²) in [4.78, 5) is 10.3. The normalized spacial score (nSPS) is 11.9. The molecule has 0 aliphatic carbocycles. The molecule has 7 nitrogen and oxygen atoms in total. The lowest BCUT2D eigenvalue weighted by molar-refractivity contribution is 0.0637. The van der Waals surface area contributed by atoms with E-state index in [9.17, 15) is 9.50 Å². The van der Waals surface area contributed by atoms with Crippen LogP contribution in [-0.2, 0) is 6.54 Å². The second kappa shape index (κ2) is 8.22. The van der Waals surface area contributed by atoms with Crippen molar-refractivity contribution in [2.75, 3.05) is 0 Å². The summed E-state index contributed by atoms with van der Waals surface area (Å²) in [6.45, 7) is 3.89. The standard InChI is InChI=1S/C25H22FN5O2/c1-25(2,32)12-13-31-29-21(17-8-10-18(26)11-9-17)23(30-31)22-19-14-20(16-6-4-3-5-7-16)33-24(19)28-15-27-22/h3-11,14-15,32H,12-13H2,1-2H3. The Morgan fingerprint density at radius 1 is 0.909 bits per heavy atom. The summed E-state index contributed by atoms with van der Waals surface area (Å²) in [7, 11) is 0. The number of nitrogens with zero attached hydrogens (tertiary/aromatic N) is 5. The zero-order valence-electron chi connectivity index (χ0n) is 18.2. The molecule has 5 aromatic rings. The maximum atomic E-state index is 13.6. The second-order valence-electron chi connectivity index (χ2n) is 8.48. The van der Waals surface area contributed by atoms with Gasteiger partial charge in [-0.25, -0.2) is 14.4 Å². The molecule has 0 atom stereocenters. The smallest absolute Gasteiger partial charge is 0.230 e. The number of fused-ring (bicyclic) bond motifs is 1. The number of aliphatic hydroxyl groups is 1. The van der Waals surface area contributed by atoms with Gasteiger partial charge in [0.2, 0.25) is 5.71 Å². The highest BCUT2D eigenvalue weighted by molar-refractivity contribution is 5.94. The Bertz CT molecular complexity index is 1400. The molecule has 33 heavy (non-hydrogen) atoms. The van der Waals surface area contributed by atoms with Crippen LogP contribution in [0.25, 0.3) is 45.1 Å². The van der Waals surface area contributed by atoms with Gasteiger partial charge in [0.05, 0.1) is 17.5 Å². The SMILES string of the molecule is CC(C)(O)CCn1nc(-c2ccc(F)cc2)c(-c2ncnc3oc(-c4ccccc4)cc23)n1. The van der Waals surface area contributed by atoms with E-state index in [-0.39, 0.29) is 5.82 Å². The molecule has 3 heterocycles. The number of hydrogen-bond acceptors (Lipinski definition) is 6. The molecule has 0 aliphatic rings. The van der Waals surface area contributed by atoms with E-state index in [0.29, 0.717) is 52.5 Å². The van der Waals surface area contributed by atoms with Crippen molar-refractivity contribution in [3.8, 4) is 34.0 Å². The van der Waals surface area contributed by atoms with Crippen LogP contribution >= 0.6 is 0 Å². The van der Waals surface area contributed by atoms with Gasteiger partial charge in [-0.2, -0.15) is 15.0 Å². The minimum atomic E-state index is -0.860. The third kappa shape index (κ3) is 4.38. The van der Waals surface area contributed by atoms with E-state index >= 15 is 0 Å². The van der Waals surface area contributed by atoms with E-state index in [0.717, 1.165) is 5.56 Å². The maximum absolute atomic E-state index is 13.6. The Kier molecular flexibility index (Phi) is 5.22. The quantitative estimate of drug-likeness (QED) is 0.392. The summed E-state index contributed by atoms with van der Waals surface area (Å²) in [5.41, 5.74) is 2.88. The molecule has 0 aliphatic heterocycles. The lowest BCUT2D eigenvalue weighted by Crippen LogP contribution is -2.21. The zero-order valence-corrected chi connectivity index (χ0v) is 18.2. The Hall–Kier alpha value is -3.91. The molecule has 0 saturated heterocycles. The van der Waals surface area contributed by atoms with E-state index in [1.807, 2.05) is 36.4 Å². The molecule has 5 rings (SSSR count). The number of hydrogen-bond donors (Lipinski definition) is 1. The topological polar surface area (TPSA) is 89.9 Å². The lowest BCUT2D eigenvalue weighted by atomic mass is 10.1. The van der Waals surface area contributed by atoms with Gasteiger partial charge < -0.3 is 9.52 Å². The molecule has 0 spiro atoms. The fraction of sp³-hybridized carbons (Fsp3) is 0.200. The fourth-order valence-corrected chi connectivity index (χ4v) is 3.57. The Morgan fingerprint density at radius 2 is 1.64 bits per heavy atom. The molecule has 0 unspecified atom stereocenters. The van der Waals surface area contributed by atoms with Gasteiger partial charge in [0.25, 0.3) is 0 Å². The third-order valence-corrected chi connectivity index (χ3v) is 5.31. The molecule has 2 aromatic carbocycles. The first kappa shape index (κ1) is 21.0. The van der Waals surface area contributed by atoms with Crippen LogP contribution in [0.3, 0.4) is 0 Å². The largest absolute Gasteiger partial charge is 0.438 e. The first-order valence-corrected chi connectivity index (χ1v) is 10.6. The molecule has 8 heteroatoms. The van der Waals surface area contributed by atoms with Crippen LogP contribution in [0.5, 0.6) is 0 Å². The molecule has 0 amide bonds. The van der Waals surface area contributed by atoms with Crippen molar-refractivity contribution in [2.45, 2.75) is 32.4 Å². The molecular weight excluding hydrogens is 421 g/mol. The minimum Gasteiger partial charge on any atom is -0.438 e. The van der Waals surface area contributed by atoms with Crippen LogP contribution in [0.2, 0.25) is 0 Å². The van der Waals surface area contributed by atoms with E-state index in [1.165, 1.54) is 23.3 Å². The predicted molar refractivity (Wildman–Crippen MR) is 123 cm³/mol. The van der Waals surface area contributed by atoms with Gasteiger partial charge in [0.15, 0.2) is 0 Å². The lowest BCUT2D eigenvalue weighted by Gasteiger charge is -2.15. The highest BCUT2D eigenvalue weighted by Gasteiger charge is 2.22. The van der Waals surface area contributed by atoms with E-state index in [4.69, 9.17) is 4.42 Å². The fourth-order valence-electron chi connectivity index (χ4n) is 3.57. The summed E-state index contributed by atoms with van der Waals surface area (Å²) >= 11 is 0. The second-order valence-corrected chi connectivity index (χ2v) is 8.48. The molecule has 0 bridgehead atoms. The molecular formula is C25H22FN5O2. The Labute approximate surface area is 189 Å². The molecule has 0 fully saturated rings. The zero-order chi connectivity index (χ0) is 23.0. The van der Waals surface area contributed by atoms with Crippen LogP contribution < -0.4 is 0 Å². The first-order valence-electron chi connectivity index (χ1n) is 10.6. The summed E-state index contributed by atoms with van der Waals surface area (Å²) in [6.07, 6.45) is 1.90. The van der Waals surface area contributed by atoms with Crippen molar-refractivity contribution in [1.29, 1.82) is 0 Å². The summed E-state index contributed by atoms with van der Waals surface area (Å²) in [6, 6.07) is 17.7. The Balaban J connectivity index is 1.65. The number of furan rings is 1. The van der Waals surface area contributed by atoms with Crippen LogP contribution in [-0.4, -0.2) is 35.7 Å². The molecule has 0 saturated carbocycles. The van der Waals surface area contributed by atoms with Crippen molar-refractivity contribution in [2.24, 2.45) is 0 Å². The number of aryl methyl sites for hydroxylation is 1. The van der Waals surface area contributed by atoms with Crippen LogP contribution in [0.4, 0.5) is 4.39 Å². The van der Waals surface area contributed by atoms with Crippen molar-refractivity contribution < 1.29 is 13.9 Å². The van der Waals surface area contributed by atoms with Gasteiger partial charge in [-0.1, -0.05) is 30.3 Å². The van der Waals surface area contributed by atoms with Crippen molar-refractivity contribution in [1.82, 2.24) is 25.0 Å². The molecule has 3 aromatic heterocycles. The number of benzene rings is 2. The average Bonchev–Trinajstić information content (AvgIpc) is 3.43. The first-order chi connectivity index (χ1) is 15.9. The van der Waals surface area contributed by atoms with Gasteiger partial charge >= 0.3 is 0 Å². The summed E-state index contributed by atoms with van der Waals surface area (Å²) < 4.78 is 19.5. The van der Waals surface area contributed by atoms with Crippen molar-refractivity contribution in [3.05, 3.63) is 72.8 Å². The summed E-state index contributed by atoms with van der Waals surface area (Å²) in [5.74, 6) is 0.339. The predicted octanol–water partition coefficient (Wildman–Crippen LogP) is 5.12. The number of aromatic nitrogens is 5. The highest BCUT2D eigenvalue weighted by atomic mass is 19.1. The maximum Gasteiger partial charge on any atom is 0.230 e. The van der Waals surface area contributed by atoms with Crippen molar-refractivity contribution in [3.63, 3.8) is 0 Å². The Morgan fingerprint density at radius 3 is 2.36 bits per heavy atom. The molecule has 0 radical (unpaired) electrons. The van der Waals surface area contributed by atoms with Crippen molar-refractivity contribution >= 4 is 11.1 Å². The monoisotopic (exact) mass is 443 g/mol. The molecule has 166 valence electrons. The number of halogens is 1. The van der Waals surface area contributed by atoms with E-state index in [1.54, 1.807) is 26.0 Å². The highest BCUT2D eigenvalue weighted by Crippen LogP contribution is 2.35. The van der Waals surface area contributed by atoms with Gasteiger partial charge in [-0.15, -0.1) is 0 Å². The van der Waals surface area contributed by atoms with Gasteiger partial charge in [0.1, 0.15) is 35.0 Å². The van der Waals surface area contributed by atoms with Gasteiger partial charge in [-0.05, 0) is 50.6 Å². The van der Waals surface area contributed by atoms with E-state index in [2.05, 4.69) is 20.2 Å². The van der Waals surface area contributed by atoms with Crippen LogP contribution in [0, 0.1) is 5.82 Å². The third-order valence-electron chi connectivity index (χ3n) is 5.31. The van der Waals surface area contributed by atoms with Crippen LogP contribution in [0.1, 0.15) is 20.3 Å². The van der Waals surface area contributed by atoms with Crippen LogP contribution in [0.15, 0.2) is 71.4 Å². The van der Waals surface area contributed by atoms with Gasteiger partial charge in [-0.3, -0.25) is 0 Å². The molecule has 1 N–H and O–H groups in total. The average molecular weight is 443 g/mol. The van der Waals surface area contributed by atoms with E-state index < -0.39 is 5.60 Å². The number of rotatable bonds is 6. The van der Waals surface area contributed by atoms with Gasteiger partial charge in [0, 0.05) is 11.1 Å².